The predicted molar refractivity (Wildman–Crippen MR) is 214 cm³/mol. The molecule has 0 saturated carbocycles. The first kappa shape index (κ1) is 41.5. The molecule has 298 valence electrons. The monoisotopic (exact) mass is 845 g/mol. The van der Waals surface area contributed by atoms with Crippen molar-refractivity contribution in [3.8, 4) is 11.5 Å². The molecule has 0 fully saturated rings. The summed E-state index contributed by atoms with van der Waals surface area (Å²) in [6, 6.07) is 26.0. The van der Waals surface area contributed by atoms with Gasteiger partial charge >= 0.3 is 0 Å². The van der Waals surface area contributed by atoms with Crippen LogP contribution in [0.25, 0.3) is 10.8 Å². The first-order valence-electron chi connectivity index (χ1n) is 16.5. The van der Waals surface area contributed by atoms with Crippen LogP contribution in [0.4, 0.5) is 45.5 Å². The van der Waals surface area contributed by atoms with Crippen molar-refractivity contribution in [1.29, 1.82) is 0 Å². The van der Waals surface area contributed by atoms with Crippen LogP contribution in [-0.4, -0.2) is 43.4 Å². The van der Waals surface area contributed by atoms with E-state index in [9.17, 15) is 31.0 Å². The molecule has 0 aliphatic heterocycles. The minimum Gasteiger partial charge on any atom is -0.505 e. The Morgan fingerprint density at radius 3 is 2.07 bits per heavy atom. The fraction of sp³-hybridized carbons (Fsp3) is 0.0811. The normalized spacial score (nSPS) is 12.3. The van der Waals surface area contributed by atoms with Crippen molar-refractivity contribution in [2.24, 2.45) is 30.7 Å². The molecule has 6 aromatic carbocycles. The molecule has 6 rings (SSSR count). The minimum atomic E-state index is -4.88. The van der Waals surface area contributed by atoms with Crippen molar-refractivity contribution in [3.63, 3.8) is 0 Å². The Hall–Kier alpha value is -6.17. The highest BCUT2D eigenvalue weighted by Gasteiger charge is 2.22. The summed E-state index contributed by atoms with van der Waals surface area (Å²) in [4.78, 5) is -0.401. The lowest BCUT2D eigenvalue weighted by Gasteiger charge is -2.12. The topological polar surface area (TPSA) is 263 Å². The average molecular weight is 846 g/mol. The van der Waals surface area contributed by atoms with Gasteiger partial charge in [0.2, 0.25) is 0 Å². The van der Waals surface area contributed by atoms with Gasteiger partial charge in [0.1, 0.15) is 22.0 Å². The third-order valence-corrected chi connectivity index (χ3v) is 10.5. The number of hydrogen-bond acceptors (Lipinski definition) is 17. The van der Waals surface area contributed by atoms with Crippen molar-refractivity contribution < 1.29 is 50.4 Å². The number of hydrogen-bond donors (Lipinski definition) is 5. The summed E-state index contributed by atoms with van der Waals surface area (Å²) in [6.07, 6.45) is 0. The molecule has 6 aromatic rings. The first-order valence-corrected chi connectivity index (χ1v) is 20.2. The zero-order valence-electron chi connectivity index (χ0n) is 30.4. The number of nitrogens with one attached hydrogen (secondary N) is 1. The van der Waals surface area contributed by atoms with Gasteiger partial charge in [0.25, 0.3) is 20.2 Å². The smallest absolute Gasteiger partial charge is 0.296 e. The van der Waals surface area contributed by atoms with Crippen LogP contribution in [0.15, 0.2) is 149 Å². The molecule has 0 bridgehead atoms. The van der Waals surface area contributed by atoms with Crippen LogP contribution < -0.4 is 10.1 Å². The van der Waals surface area contributed by atoms with E-state index in [1.807, 2.05) is 6.92 Å². The fourth-order valence-corrected chi connectivity index (χ4v) is 7.01. The second-order valence-electron chi connectivity index (χ2n) is 12.2. The number of anilines is 2. The van der Waals surface area contributed by atoms with Gasteiger partial charge in [-0.2, -0.15) is 37.3 Å². The highest BCUT2D eigenvalue weighted by Crippen LogP contribution is 2.43. The number of methoxy groups -OCH3 is 1. The fourth-order valence-electron chi connectivity index (χ4n) is 5.42. The summed E-state index contributed by atoms with van der Waals surface area (Å²) in [5.41, 5.74) is 3.66. The molecule has 58 heavy (non-hydrogen) atoms. The van der Waals surface area contributed by atoms with Crippen molar-refractivity contribution in [1.82, 2.24) is 0 Å². The van der Waals surface area contributed by atoms with E-state index in [0.717, 1.165) is 23.7 Å². The van der Waals surface area contributed by atoms with E-state index in [1.165, 1.54) is 43.5 Å². The predicted octanol–water partition coefficient (Wildman–Crippen LogP) is 11.1. The molecule has 0 aliphatic carbocycles. The maximum Gasteiger partial charge on any atom is 0.296 e. The molecule has 21 heteroatoms. The van der Waals surface area contributed by atoms with Gasteiger partial charge in [0, 0.05) is 27.7 Å². The molecule has 0 aliphatic rings. The van der Waals surface area contributed by atoms with Crippen molar-refractivity contribution in [2.45, 2.75) is 28.5 Å². The lowest BCUT2D eigenvalue weighted by atomic mass is 10.1. The van der Waals surface area contributed by atoms with E-state index in [-0.39, 0.29) is 21.4 Å². The highest BCUT2D eigenvalue weighted by molar-refractivity contribution is 7.94. The third-order valence-electron chi connectivity index (χ3n) is 8.21. The van der Waals surface area contributed by atoms with Crippen molar-refractivity contribution >= 4 is 88.6 Å². The van der Waals surface area contributed by atoms with Crippen LogP contribution in [0.1, 0.15) is 11.1 Å². The van der Waals surface area contributed by atoms with E-state index in [2.05, 4.69) is 45.4 Å². The quantitative estimate of drug-likeness (QED) is 0.0225. The van der Waals surface area contributed by atoms with Gasteiger partial charge < -0.3 is 15.2 Å². The second kappa shape index (κ2) is 17.5. The number of ether oxygens (including phenoxy) is 1. The number of aryl methyl sites for hydroxylation is 2. The Morgan fingerprint density at radius 1 is 0.655 bits per heavy atom. The molecule has 0 aromatic heterocycles. The van der Waals surface area contributed by atoms with Crippen LogP contribution in [0.3, 0.4) is 0 Å². The van der Waals surface area contributed by atoms with Crippen LogP contribution in [0.2, 0.25) is 0 Å². The van der Waals surface area contributed by atoms with Gasteiger partial charge in [-0.1, -0.05) is 23.2 Å². The number of phenols is 1. The zero-order chi connectivity index (χ0) is 41.6. The van der Waals surface area contributed by atoms with Gasteiger partial charge in [0.05, 0.1) is 46.8 Å². The largest absolute Gasteiger partial charge is 0.505 e. The Labute approximate surface area is 335 Å². The molecule has 0 spiro atoms. The number of fused-ring (bicyclic) bond motifs is 1. The number of nitrogens with zero attached hydrogens (tertiary/aromatic N) is 6. The molecule has 0 radical (unpaired) electrons. The lowest BCUT2D eigenvalue weighted by Crippen LogP contribution is -2.00. The van der Waals surface area contributed by atoms with Crippen LogP contribution in [0.5, 0.6) is 11.5 Å². The van der Waals surface area contributed by atoms with E-state index in [0.29, 0.717) is 50.3 Å². The maximum atomic E-state index is 12.4. The van der Waals surface area contributed by atoms with Crippen LogP contribution in [0, 0.1) is 13.8 Å². The van der Waals surface area contributed by atoms with Gasteiger partial charge in [-0.05, 0) is 109 Å². The Balaban J connectivity index is 1.24. The molecule has 0 amide bonds. The Morgan fingerprint density at radius 2 is 1.34 bits per heavy atom. The standard InChI is InChI=1S/C37H31N7O11S3/c1-21-14-27(12-13-31(21)41-43-33-15-22(2)32(20-34(33)53-3)42-39-26-7-4-8-28(17-26)56-55-54-46)40-44-36-35(58(50,51)52)16-23-10-11-25(19-30(23)37(36)45)38-24-6-5-9-29(18-24)57(47,48)49/h4-20,38,45-46H,1-3H3,(H,47,48,49)(H,50,51,52). The summed E-state index contributed by atoms with van der Waals surface area (Å²) in [5.74, 6) is -0.223. The van der Waals surface area contributed by atoms with E-state index in [4.69, 9.17) is 9.99 Å². The number of aromatic hydroxyl groups is 1. The molecule has 0 unspecified atom stereocenters. The number of benzene rings is 6. The Bertz CT molecular complexity index is 2850. The SMILES string of the molecule is COc1cc(N=Nc2cccc(SOOO)c2)c(C)cc1N=Nc1ccc(N=Nc2c(S(=O)(=O)O)cc3ccc(Nc4cccc(S(=O)(=O)O)c4)cc3c2O)cc1C. The number of rotatable bonds is 14. The molecule has 5 N–H and O–H groups in total. The molecular formula is C37H31N7O11S3. The molecule has 0 saturated heterocycles. The van der Waals surface area contributed by atoms with Crippen LogP contribution in [-0.2, 0) is 29.6 Å². The summed E-state index contributed by atoms with van der Waals surface area (Å²) in [7, 11) is -7.87. The summed E-state index contributed by atoms with van der Waals surface area (Å²) in [5, 5.41) is 52.1. The van der Waals surface area contributed by atoms with Gasteiger partial charge in [-0.3, -0.25) is 9.11 Å². The van der Waals surface area contributed by atoms with E-state index in [1.54, 1.807) is 67.6 Å². The maximum absolute atomic E-state index is 12.4. The number of phenolic OH excluding ortho intramolecular Hbond substituents is 1. The van der Waals surface area contributed by atoms with Crippen molar-refractivity contribution in [2.75, 3.05) is 12.4 Å². The molecule has 0 atom stereocenters. The summed E-state index contributed by atoms with van der Waals surface area (Å²) < 4.78 is 77.4. The van der Waals surface area contributed by atoms with E-state index < -0.39 is 36.6 Å². The first-order chi connectivity index (χ1) is 27.6. The van der Waals surface area contributed by atoms with E-state index >= 15 is 0 Å². The molecule has 18 nitrogen and oxygen atoms in total. The van der Waals surface area contributed by atoms with Crippen LogP contribution >= 0.6 is 12.0 Å². The summed E-state index contributed by atoms with van der Waals surface area (Å²) in [6.45, 7) is 3.56. The lowest BCUT2D eigenvalue weighted by molar-refractivity contribution is -0.432. The Kier molecular flexibility index (Phi) is 12.5. The average Bonchev–Trinajstić information content (AvgIpc) is 3.18. The minimum absolute atomic E-state index is 0.136. The molecule has 0 heterocycles. The number of azo groups is 3. The summed E-state index contributed by atoms with van der Waals surface area (Å²) >= 11 is 0.795. The van der Waals surface area contributed by atoms with Gasteiger partial charge in [-0.25, -0.2) is 5.26 Å². The third kappa shape index (κ3) is 10.0. The second-order valence-corrected chi connectivity index (χ2v) is 15.8. The highest BCUT2D eigenvalue weighted by atomic mass is 32.2. The van der Waals surface area contributed by atoms with Gasteiger partial charge in [0.15, 0.2) is 5.75 Å². The molecular weight excluding hydrogens is 815 g/mol. The zero-order valence-corrected chi connectivity index (χ0v) is 32.8. The van der Waals surface area contributed by atoms with Gasteiger partial charge in [-0.15, -0.1) is 14.6 Å². The van der Waals surface area contributed by atoms with Crippen molar-refractivity contribution in [3.05, 3.63) is 114 Å².